The molecule has 0 fully saturated rings. The number of hydrogen-bond donors (Lipinski definition) is 1. The number of aromatic amines is 1. The van der Waals surface area contributed by atoms with Gasteiger partial charge < -0.3 is 9.72 Å². The van der Waals surface area contributed by atoms with Crippen LogP contribution in [0.2, 0.25) is 0 Å². The van der Waals surface area contributed by atoms with E-state index in [9.17, 15) is 0 Å². The first-order chi connectivity index (χ1) is 8.78. The average Bonchev–Trinajstić information content (AvgIpc) is 2.88. The van der Waals surface area contributed by atoms with Crippen LogP contribution in [0.5, 0.6) is 5.88 Å². The van der Waals surface area contributed by atoms with Crippen LogP contribution in [0.15, 0.2) is 12.1 Å². The van der Waals surface area contributed by atoms with E-state index >= 15 is 0 Å². The Bertz CT molecular complexity index is 636. The molecule has 2 aromatic heterocycles. The maximum absolute atomic E-state index is 5.31. The summed E-state index contributed by atoms with van der Waals surface area (Å²) < 4.78 is 5.65. The number of methoxy groups -OCH3 is 1. The minimum Gasteiger partial charge on any atom is -0.480 e. The summed E-state index contributed by atoms with van der Waals surface area (Å²) in [7, 11) is 1.56. The predicted molar refractivity (Wildman–Crippen MR) is 69.0 cm³/mol. The Morgan fingerprint density at radius 2 is 2.17 bits per heavy atom. The molecule has 0 aliphatic heterocycles. The highest BCUT2D eigenvalue weighted by Crippen LogP contribution is 2.23. The van der Waals surface area contributed by atoms with Gasteiger partial charge in [-0.1, -0.05) is 12.2 Å². The summed E-state index contributed by atoms with van der Waals surface area (Å²) in [5, 5.41) is 8.00. The van der Waals surface area contributed by atoms with Crippen molar-refractivity contribution in [1.29, 1.82) is 0 Å². The lowest BCUT2D eigenvalue weighted by molar-refractivity contribution is 0.392. The second-order valence-electron chi connectivity index (χ2n) is 4.16. The van der Waals surface area contributed by atoms with E-state index in [-0.39, 0.29) is 0 Å². The van der Waals surface area contributed by atoms with Gasteiger partial charge in [-0.2, -0.15) is 0 Å². The monoisotopic (exact) mass is 260 g/mol. The minimum atomic E-state index is 0.485. The molecule has 2 heterocycles. The molecule has 0 spiro atoms. The molecule has 0 unspecified atom stereocenters. The third kappa shape index (κ3) is 1.88. The standard InChI is InChI=1S/C12H12N4OS/c1-17-10-6-5-9(15-16-10)11-13-8-4-2-3-7(8)12(18)14-11/h5-6H,2-4H2,1H3,(H,13,14,18). The number of rotatable bonds is 2. The molecule has 0 amide bonds. The van der Waals surface area contributed by atoms with Crippen LogP contribution in [0.1, 0.15) is 17.7 Å². The summed E-state index contributed by atoms with van der Waals surface area (Å²) in [6.45, 7) is 0. The van der Waals surface area contributed by atoms with Crippen LogP contribution in [0.4, 0.5) is 0 Å². The van der Waals surface area contributed by atoms with Crippen molar-refractivity contribution >= 4 is 12.2 Å². The van der Waals surface area contributed by atoms with Crippen LogP contribution >= 0.6 is 12.2 Å². The van der Waals surface area contributed by atoms with Gasteiger partial charge in [-0.05, 0) is 25.3 Å². The average molecular weight is 260 g/mol. The normalized spacial score (nSPS) is 13.4. The first-order valence-electron chi connectivity index (χ1n) is 5.78. The Kier molecular flexibility index (Phi) is 2.79. The summed E-state index contributed by atoms with van der Waals surface area (Å²) in [5.41, 5.74) is 3.04. The molecule has 1 aliphatic rings. The number of aryl methyl sites for hydroxylation is 1. The minimum absolute atomic E-state index is 0.485. The zero-order valence-electron chi connectivity index (χ0n) is 9.93. The van der Waals surface area contributed by atoms with E-state index in [0.29, 0.717) is 22.0 Å². The Labute approximate surface area is 109 Å². The zero-order chi connectivity index (χ0) is 12.5. The third-order valence-electron chi connectivity index (χ3n) is 3.05. The fourth-order valence-electron chi connectivity index (χ4n) is 2.13. The molecule has 0 saturated carbocycles. The molecule has 0 bridgehead atoms. The number of ether oxygens (including phenoxy) is 1. The smallest absolute Gasteiger partial charge is 0.233 e. The largest absolute Gasteiger partial charge is 0.480 e. The van der Waals surface area contributed by atoms with Gasteiger partial charge in [0.1, 0.15) is 10.3 Å². The maximum Gasteiger partial charge on any atom is 0.233 e. The van der Waals surface area contributed by atoms with Gasteiger partial charge in [0.2, 0.25) is 5.88 Å². The van der Waals surface area contributed by atoms with Crippen molar-refractivity contribution in [2.45, 2.75) is 19.3 Å². The highest BCUT2D eigenvalue weighted by Gasteiger charge is 2.15. The fourth-order valence-corrected chi connectivity index (χ4v) is 2.45. The van der Waals surface area contributed by atoms with E-state index in [4.69, 9.17) is 17.0 Å². The molecule has 0 aromatic carbocycles. The summed E-state index contributed by atoms with van der Waals surface area (Å²) in [6.07, 6.45) is 3.18. The Hall–Kier alpha value is -1.82. The molecule has 6 heteroatoms. The number of nitrogens with zero attached hydrogens (tertiary/aromatic N) is 3. The van der Waals surface area contributed by atoms with Gasteiger partial charge in [0.05, 0.1) is 7.11 Å². The van der Waals surface area contributed by atoms with E-state index in [1.54, 1.807) is 13.2 Å². The van der Waals surface area contributed by atoms with Gasteiger partial charge >= 0.3 is 0 Å². The first kappa shape index (κ1) is 11.3. The predicted octanol–water partition coefficient (Wildman–Crippen LogP) is 2.09. The lowest BCUT2D eigenvalue weighted by Gasteiger charge is -2.05. The van der Waals surface area contributed by atoms with E-state index < -0.39 is 0 Å². The molecule has 0 saturated heterocycles. The molecule has 2 aromatic rings. The van der Waals surface area contributed by atoms with Crippen molar-refractivity contribution in [3.8, 4) is 17.4 Å². The number of nitrogens with one attached hydrogen (secondary N) is 1. The summed E-state index contributed by atoms with van der Waals surface area (Å²) in [6, 6.07) is 3.58. The summed E-state index contributed by atoms with van der Waals surface area (Å²) in [4.78, 5) is 7.68. The lowest BCUT2D eigenvalue weighted by Crippen LogP contribution is -2.00. The van der Waals surface area contributed by atoms with Crippen LogP contribution in [-0.2, 0) is 12.8 Å². The first-order valence-corrected chi connectivity index (χ1v) is 6.19. The maximum atomic E-state index is 5.31. The molecule has 1 aliphatic carbocycles. The van der Waals surface area contributed by atoms with Gasteiger partial charge in [-0.25, -0.2) is 4.98 Å². The molecule has 18 heavy (non-hydrogen) atoms. The topological polar surface area (TPSA) is 63.7 Å². The Morgan fingerprint density at radius 1 is 1.28 bits per heavy atom. The fraction of sp³-hybridized carbons (Fsp3) is 0.333. The number of hydrogen-bond acceptors (Lipinski definition) is 5. The van der Waals surface area contributed by atoms with Crippen LogP contribution in [0.3, 0.4) is 0 Å². The Morgan fingerprint density at radius 3 is 2.89 bits per heavy atom. The van der Waals surface area contributed by atoms with Gasteiger partial charge in [0.25, 0.3) is 0 Å². The molecule has 0 radical (unpaired) electrons. The summed E-state index contributed by atoms with van der Waals surface area (Å²) >= 11 is 5.31. The highest BCUT2D eigenvalue weighted by molar-refractivity contribution is 7.71. The number of aromatic nitrogens is 4. The molecular weight excluding hydrogens is 248 g/mol. The van der Waals surface area contributed by atoms with E-state index in [1.807, 2.05) is 6.07 Å². The molecule has 5 nitrogen and oxygen atoms in total. The van der Waals surface area contributed by atoms with Crippen molar-refractivity contribution in [2.24, 2.45) is 0 Å². The van der Waals surface area contributed by atoms with E-state index in [0.717, 1.165) is 19.3 Å². The van der Waals surface area contributed by atoms with E-state index in [2.05, 4.69) is 20.2 Å². The van der Waals surface area contributed by atoms with Gasteiger partial charge in [-0.15, -0.1) is 10.2 Å². The summed E-state index contributed by atoms with van der Waals surface area (Å²) in [5.74, 6) is 1.16. The second-order valence-corrected chi connectivity index (χ2v) is 4.55. The third-order valence-corrected chi connectivity index (χ3v) is 3.39. The SMILES string of the molecule is COc1ccc(-c2nc(=S)c3c([nH]2)CCC3)nn1. The van der Waals surface area contributed by atoms with Gasteiger partial charge in [0, 0.05) is 17.3 Å². The van der Waals surface area contributed by atoms with E-state index in [1.165, 1.54) is 11.3 Å². The molecule has 1 N–H and O–H groups in total. The van der Waals surface area contributed by atoms with Crippen molar-refractivity contribution in [1.82, 2.24) is 20.2 Å². The molecule has 0 atom stereocenters. The Balaban J connectivity index is 2.06. The van der Waals surface area contributed by atoms with Crippen LogP contribution in [-0.4, -0.2) is 27.3 Å². The molecule has 92 valence electrons. The molecular formula is C12H12N4OS. The molecule has 3 rings (SSSR count). The van der Waals surface area contributed by atoms with Crippen molar-refractivity contribution in [2.75, 3.05) is 7.11 Å². The van der Waals surface area contributed by atoms with Crippen LogP contribution < -0.4 is 4.74 Å². The number of fused-ring (bicyclic) bond motifs is 1. The van der Waals surface area contributed by atoms with Crippen molar-refractivity contribution < 1.29 is 4.74 Å². The second kappa shape index (κ2) is 4.45. The van der Waals surface area contributed by atoms with Crippen LogP contribution in [0.25, 0.3) is 11.5 Å². The van der Waals surface area contributed by atoms with Crippen molar-refractivity contribution in [3.63, 3.8) is 0 Å². The quantitative estimate of drug-likeness (QED) is 0.838. The zero-order valence-corrected chi connectivity index (χ0v) is 10.8. The van der Waals surface area contributed by atoms with Gasteiger partial charge in [-0.3, -0.25) is 0 Å². The van der Waals surface area contributed by atoms with Crippen molar-refractivity contribution in [3.05, 3.63) is 28.0 Å². The van der Waals surface area contributed by atoms with Gasteiger partial charge in [0.15, 0.2) is 5.82 Å². The lowest BCUT2D eigenvalue weighted by atomic mass is 10.2. The van der Waals surface area contributed by atoms with Crippen LogP contribution in [0, 0.1) is 4.64 Å². The number of H-pyrrole nitrogens is 1. The highest BCUT2D eigenvalue weighted by atomic mass is 32.1.